The molecule has 0 bridgehead atoms. The Hall–Kier alpha value is -1.53. The van der Waals surface area contributed by atoms with Crippen molar-refractivity contribution in [3.63, 3.8) is 0 Å². The molecule has 1 aromatic carbocycles. The van der Waals surface area contributed by atoms with Crippen LogP contribution in [0, 0.1) is 11.3 Å². The number of aliphatic hydroxyl groups excluding tert-OH is 1. The largest absolute Gasteiger partial charge is 0.493 e. The van der Waals surface area contributed by atoms with Gasteiger partial charge in [-0.05, 0) is 23.6 Å². The van der Waals surface area contributed by atoms with Crippen molar-refractivity contribution < 1.29 is 9.84 Å². The van der Waals surface area contributed by atoms with Crippen LogP contribution in [0.15, 0.2) is 24.3 Å². The van der Waals surface area contributed by atoms with E-state index in [-0.39, 0.29) is 6.42 Å². The molecular weight excluding hydrogens is 214 g/mol. The summed E-state index contributed by atoms with van der Waals surface area (Å²) in [5.74, 6) is 1.32. The summed E-state index contributed by atoms with van der Waals surface area (Å²) in [5.41, 5.74) is 1.28. The summed E-state index contributed by atoms with van der Waals surface area (Å²) in [6.07, 6.45) is 0.0599. The van der Waals surface area contributed by atoms with Crippen molar-refractivity contribution in [2.45, 2.75) is 38.7 Å². The average molecular weight is 233 g/mol. The lowest BCUT2D eigenvalue weighted by molar-refractivity contribution is 0.143. The van der Waals surface area contributed by atoms with Crippen LogP contribution >= 0.6 is 0 Å². The van der Waals surface area contributed by atoms with E-state index in [1.54, 1.807) is 0 Å². The predicted molar refractivity (Wildman–Crippen MR) is 66.9 cm³/mol. The third kappa shape index (κ3) is 4.88. The van der Waals surface area contributed by atoms with Gasteiger partial charge in [0.1, 0.15) is 5.75 Å². The molecule has 1 N–H and O–H groups in total. The molecule has 0 aliphatic rings. The molecule has 0 fully saturated rings. The average Bonchev–Trinajstić information content (AvgIpc) is 2.30. The first-order valence-corrected chi connectivity index (χ1v) is 5.91. The Kier molecular flexibility index (Phi) is 5.51. The topological polar surface area (TPSA) is 53.2 Å². The van der Waals surface area contributed by atoms with Crippen LogP contribution in [0.1, 0.15) is 38.2 Å². The quantitative estimate of drug-likeness (QED) is 0.822. The highest BCUT2D eigenvalue weighted by Crippen LogP contribution is 2.18. The number of benzene rings is 1. The highest BCUT2D eigenvalue weighted by molar-refractivity contribution is 5.28. The van der Waals surface area contributed by atoms with E-state index in [1.165, 1.54) is 5.56 Å². The molecule has 1 unspecified atom stereocenters. The van der Waals surface area contributed by atoms with E-state index in [4.69, 9.17) is 10.00 Å². The van der Waals surface area contributed by atoms with Gasteiger partial charge in [0.25, 0.3) is 0 Å². The maximum absolute atomic E-state index is 9.34. The third-order valence-corrected chi connectivity index (χ3v) is 2.59. The van der Waals surface area contributed by atoms with Crippen molar-refractivity contribution in [2.24, 2.45) is 0 Å². The van der Waals surface area contributed by atoms with E-state index < -0.39 is 6.10 Å². The summed E-state index contributed by atoms with van der Waals surface area (Å²) < 4.78 is 5.49. The first kappa shape index (κ1) is 13.5. The lowest BCUT2D eigenvalue weighted by Gasteiger charge is -2.10. The van der Waals surface area contributed by atoms with Crippen LogP contribution in [0.4, 0.5) is 0 Å². The van der Waals surface area contributed by atoms with Crippen molar-refractivity contribution in [2.75, 3.05) is 6.61 Å². The molecule has 0 saturated heterocycles. The van der Waals surface area contributed by atoms with Gasteiger partial charge in [0.15, 0.2) is 0 Å². The van der Waals surface area contributed by atoms with Crippen LogP contribution in [-0.2, 0) is 0 Å². The number of nitrogens with zero attached hydrogens (tertiary/aromatic N) is 1. The summed E-state index contributed by atoms with van der Waals surface area (Å²) >= 11 is 0. The van der Waals surface area contributed by atoms with Crippen LogP contribution in [0.5, 0.6) is 5.75 Å². The SMILES string of the molecule is CC(C)c1ccc(OCCC(O)CC#N)cc1. The van der Waals surface area contributed by atoms with Crippen LogP contribution < -0.4 is 4.74 Å². The fraction of sp³-hybridized carbons (Fsp3) is 0.500. The Morgan fingerprint density at radius 3 is 2.47 bits per heavy atom. The number of ether oxygens (including phenoxy) is 1. The molecule has 0 saturated carbocycles. The Morgan fingerprint density at radius 1 is 1.29 bits per heavy atom. The van der Waals surface area contributed by atoms with E-state index in [9.17, 15) is 5.11 Å². The number of rotatable bonds is 6. The fourth-order valence-corrected chi connectivity index (χ4v) is 1.47. The molecule has 0 heterocycles. The van der Waals surface area contributed by atoms with Gasteiger partial charge in [0.05, 0.1) is 25.2 Å². The minimum atomic E-state index is -0.588. The summed E-state index contributed by atoms with van der Waals surface area (Å²) in [5, 5.41) is 17.7. The normalized spacial score (nSPS) is 12.2. The molecule has 92 valence electrons. The monoisotopic (exact) mass is 233 g/mol. The van der Waals surface area contributed by atoms with Crippen molar-refractivity contribution in [1.29, 1.82) is 5.26 Å². The highest BCUT2D eigenvalue weighted by atomic mass is 16.5. The van der Waals surface area contributed by atoms with Gasteiger partial charge in [0, 0.05) is 6.42 Å². The summed E-state index contributed by atoms with van der Waals surface area (Å²) in [6, 6.07) is 9.90. The Morgan fingerprint density at radius 2 is 1.94 bits per heavy atom. The van der Waals surface area contributed by atoms with Crippen LogP contribution in [-0.4, -0.2) is 17.8 Å². The second kappa shape index (κ2) is 6.93. The van der Waals surface area contributed by atoms with Crippen LogP contribution in [0.25, 0.3) is 0 Å². The molecule has 1 atom stereocenters. The molecule has 1 rings (SSSR count). The zero-order valence-corrected chi connectivity index (χ0v) is 10.4. The lowest BCUT2D eigenvalue weighted by Crippen LogP contribution is -2.11. The Balaban J connectivity index is 2.35. The summed E-state index contributed by atoms with van der Waals surface area (Å²) in [4.78, 5) is 0. The number of hydrogen-bond acceptors (Lipinski definition) is 3. The molecule has 1 aromatic rings. The van der Waals surface area contributed by atoms with Gasteiger partial charge in [0.2, 0.25) is 0 Å². The van der Waals surface area contributed by atoms with Crippen molar-refractivity contribution in [1.82, 2.24) is 0 Å². The number of nitriles is 1. The van der Waals surface area contributed by atoms with Crippen molar-refractivity contribution in [3.05, 3.63) is 29.8 Å². The Bertz CT molecular complexity index is 365. The second-order valence-electron chi connectivity index (χ2n) is 4.38. The van der Waals surface area contributed by atoms with Crippen molar-refractivity contribution >= 4 is 0 Å². The van der Waals surface area contributed by atoms with Gasteiger partial charge in [-0.1, -0.05) is 26.0 Å². The Labute approximate surface area is 103 Å². The smallest absolute Gasteiger partial charge is 0.119 e. The molecule has 0 spiro atoms. The van der Waals surface area contributed by atoms with Crippen molar-refractivity contribution in [3.8, 4) is 11.8 Å². The molecule has 0 aliphatic carbocycles. The number of hydrogen-bond donors (Lipinski definition) is 1. The zero-order chi connectivity index (χ0) is 12.7. The maximum Gasteiger partial charge on any atom is 0.119 e. The lowest BCUT2D eigenvalue weighted by atomic mass is 10.0. The van der Waals surface area contributed by atoms with E-state index in [2.05, 4.69) is 13.8 Å². The minimum absolute atomic E-state index is 0.162. The first-order chi connectivity index (χ1) is 8.13. The van der Waals surface area contributed by atoms with E-state index in [1.807, 2.05) is 30.3 Å². The fourth-order valence-electron chi connectivity index (χ4n) is 1.47. The molecule has 17 heavy (non-hydrogen) atoms. The summed E-state index contributed by atoms with van der Waals surface area (Å²) in [6.45, 7) is 4.73. The minimum Gasteiger partial charge on any atom is -0.493 e. The van der Waals surface area contributed by atoms with Gasteiger partial charge < -0.3 is 9.84 Å². The van der Waals surface area contributed by atoms with E-state index >= 15 is 0 Å². The maximum atomic E-state index is 9.34. The molecule has 3 nitrogen and oxygen atoms in total. The van der Waals surface area contributed by atoms with Gasteiger partial charge in [-0.25, -0.2) is 0 Å². The van der Waals surface area contributed by atoms with Gasteiger partial charge >= 0.3 is 0 Å². The molecule has 0 radical (unpaired) electrons. The van der Waals surface area contributed by atoms with Gasteiger partial charge in [-0.15, -0.1) is 0 Å². The number of aliphatic hydroxyl groups is 1. The second-order valence-corrected chi connectivity index (χ2v) is 4.38. The predicted octanol–water partition coefficient (Wildman–Crippen LogP) is 2.85. The first-order valence-electron chi connectivity index (χ1n) is 5.91. The zero-order valence-electron chi connectivity index (χ0n) is 10.4. The summed E-state index contributed by atoms with van der Waals surface area (Å²) in [7, 11) is 0. The molecule has 0 aromatic heterocycles. The van der Waals surface area contributed by atoms with Gasteiger partial charge in [-0.3, -0.25) is 0 Å². The molecule has 0 aliphatic heterocycles. The molecule has 3 heteroatoms. The highest BCUT2D eigenvalue weighted by Gasteiger charge is 2.04. The van der Waals surface area contributed by atoms with Crippen LogP contribution in [0.3, 0.4) is 0 Å². The van der Waals surface area contributed by atoms with Crippen LogP contribution in [0.2, 0.25) is 0 Å². The van der Waals surface area contributed by atoms with E-state index in [0.29, 0.717) is 18.9 Å². The molecule has 0 amide bonds. The standard InChI is InChI=1S/C14H19NO2/c1-11(2)12-3-5-14(6-4-12)17-10-8-13(16)7-9-15/h3-6,11,13,16H,7-8,10H2,1-2H3. The van der Waals surface area contributed by atoms with E-state index in [0.717, 1.165) is 5.75 Å². The molecular formula is C14H19NO2. The third-order valence-electron chi connectivity index (χ3n) is 2.59. The van der Waals surface area contributed by atoms with Gasteiger partial charge in [-0.2, -0.15) is 5.26 Å².